The van der Waals surface area contributed by atoms with Gasteiger partial charge in [0.05, 0.1) is 5.56 Å². The fraction of sp³-hybridized carbons (Fsp3) is 0.286. The van der Waals surface area contributed by atoms with Crippen LogP contribution in [0.5, 0.6) is 0 Å². The summed E-state index contributed by atoms with van der Waals surface area (Å²) in [5.41, 5.74) is -2.66. The Morgan fingerprint density at radius 1 is 1.21 bits per heavy atom. The monoisotopic (exact) mass is 275 g/mol. The Kier molecular flexibility index (Phi) is 3.08. The predicted octanol–water partition coefficient (Wildman–Crippen LogP) is 3.80. The Morgan fingerprint density at radius 2 is 1.79 bits per heavy atom. The molecule has 0 aromatic carbocycles. The number of hydrogen-bond donors (Lipinski definition) is 0. The van der Waals surface area contributed by atoms with Crippen molar-refractivity contribution in [2.45, 2.75) is 12.6 Å². The highest BCUT2D eigenvalue weighted by Gasteiger charge is 2.36. The highest BCUT2D eigenvalue weighted by atomic mass is 79.9. The standard InChI is InChI=1S/C7H3BrF5N/c8-4-2-1-3(7(11,12)13)5(14-4)6(9)10/h1-2,6H. The number of rotatable bonds is 1. The van der Waals surface area contributed by atoms with Gasteiger partial charge in [-0.15, -0.1) is 0 Å². The molecule has 1 aromatic heterocycles. The lowest BCUT2D eigenvalue weighted by Gasteiger charge is -2.11. The molecule has 0 aliphatic rings. The van der Waals surface area contributed by atoms with Crippen molar-refractivity contribution in [2.24, 2.45) is 0 Å². The molecule has 0 fully saturated rings. The third kappa shape index (κ3) is 2.40. The van der Waals surface area contributed by atoms with Gasteiger partial charge in [-0.25, -0.2) is 13.8 Å². The minimum absolute atomic E-state index is 0.0548. The summed E-state index contributed by atoms with van der Waals surface area (Å²) in [5.74, 6) is 0. The van der Waals surface area contributed by atoms with Crippen LogP contribution in [0.4, 0.5) is 22.0 Å². The van der Waals surface area contributed by atoms with Crippen LogP contribution >= 0.6 is 15.9 Å². The van der Waals surface area contributed by atoms with Crippen molar-refractivity contribution in [1.82, 2.24) is 4.98 Å². The summed E-state index contributed by atoms with van der Waals surface area (Å²) in [7, 11) is 0. The van der Waals surface area contributed by atoms with Crippen LogP contribution in [0.25, 0.3) is 0 Å². The molecule has 78 valence electrons. The van der Waals surface area contributed by atoms with E-state index in [-0.39, 0.29) is 4.60 Å². The number of aromatic nitrogens is 1. The first-order valence-electron chi connectivity index (χ1n) is 3.34. The second-order valence-electron chi connectivity index (χ2n) is 2.37. The van der Waals surface area contributed by atoms with E-state index in [9.17, 15) is 22.0 Å². The SMILES string of the molecule is FC(F)c1nc(Br)ccc1C(F)(F)F. The minimum Gasteiger partial charge on any atom is -0.239 e. The molecule has 0 aliphatic carbocycles. The van der Waals surface area contributed by atoms with Crippen molar-refractivity contribution in [3.05, 3.63) is 28.0 Å². The molecule has 0 radical (unpaired) electrons. The fourth-order valence-electron chi connectivity index (χ4n) is 0.856. The van der Waals surface area contributed by atoms with Crippen LogP contribution in [0.1, 0.15) is 17.7 Å². The molecule has 14 heavy (non-hydrogen) atoms. The van der Waals surface area contributed by atoms with Crippen molar-refractivity contribution in [1.29, 1.82) is 0 Å². The summed E-state index contributed by atoms with van der Waals surface area (Å²) in [6.07, 6.45) is -8.05. The molecule has 0 amide bonds. The van der Waals surface area contributed by atoms with Crippen molar-refractivity contribution in [2.75, 3.05) is 0 Å². The summed E-state index contributed by atoms with van der Waals surface area (Å²) in [6, 6.07) is 1.54. The van der Waals surface area contributed by atoms with Gasteiger partial charge in [0.1, 0.15) is 10.3 Å². The van der Waals surface area contributed by atoms with E-state index in [2.05, 4.69) is 20.9 Å². The summed E-state index contributed by atoms with van der Waals surface area (Å²) in [6.45, 7) is 0. The molecule has 0 saturated carbocycles. The van der Waals surface area contributed by atoms with E-state index in [4.69, 9.17) is 0 Å². The predicted molar refractivity (Wildman–Crippen MR) is 41.9 cm³/mol. The number of alkyl halides is 5. The van der Waals surface area contributed by atoms with E-state index >= 15 is 0 Å². The van der Waals surface area contributed by atoms with Gasteiger partial charge in [-0.1, -0.05) is 0 Å². The van der Waals surface area contributed by atoms with E-state index in [1.54, 1.807) is 0 Å². The highest BCUT2D eigenvalue weighted by Crippen LogP contribution is 2.35. The summed E-state index contributed by atoms with van der Waals surface area (Å²) in [4.78, 5) is 3.09. The van der Waals surface area contributed by atoms with Gasteiger partial charge in [0.15, 0.2) is 0 Å². The maximum absolute atomic E-state index is 12.2. The Labute approximate surface area is 84.1 Å². The van der Waals surface area contributed by atoms with Crippen molar-refractivity contribution in [3.8, 4) is 0 Å². The zero-order chi connectivity index (χ0) is 10.9. The summed E-state index contributed by atoms with van der Waals surface area (Å²) < 4.78 is 60.7. The molecule has 0 spiro atoms. The number of hydrogen-bond acceptors (Lipinski definition) is 1. The van der Waals surface area contributed by atoms with Crippen LogP contribution in [0, 0.1) is 0 Å². The molecule has 0 unspecified atom stereocenters. The maximum Gasteiger partial charge on any atom is 0.418 e. The second kappa shape index (κ2) is 3.80. The second-order valence-corrected chi connectivity index (χ2v) is 3.18. The van der Waals surface area contributed by atoms with Crippen LogP contribution in [-0.2, 0) is 6.18 Å². The van der Waals surface area contributed by atoms with Crippen LogP contribution in [0.15, 0.2) is 16.7 Å². The third-order valence-electron chi connectivity index (χ3n) is 1.40. The zero-order valence-corrected chi connectivity index (χ0v) is 8.03. The van der Waals surface area contributed by atoms with Gasteiger partial charge in [-0.2, -0.15) is 13.2 Å². The molecule has 1 heterocycles. The van der Waals surface area contributed by atoms with E-state index < -0.39 is 23.9 Å². The van der Waals surface area contributed by atoms with Crippen molar-refractivity contribution in [3.63, 3.8) is 0 Å². The molecule has 0 atom stereocenters. The molecular formula is C7H3BrF5N. The Hall–Kier alpha value is -0.720. The lowest BCUT2D eigenvalue weighted by molar-refractivity contribution is -0.139. The Bertz CT molecular complexity index is 335. The lowest BCUT2D eigenvalue weighted by Crippen LogP contribution is -2.11. The first kappa shape index (κ1) is 11.4. The van der Waals surface area contributed by atoms with Gasteiger partial charge in [-0.3, -0.25) is 0 Å². The topological polar surface area (TPSA) is 12.9 Å². The van der Waals surface area contributed by atoms with E-state index in [1.165, 1.54) is 0 Å². The van der Waals surface area contributed by atoms with Gasteiger partial charge in [0.2, 0.25) is 0 Å². The molecule has 0 saturated heterocycles. The van der Waals surface area contributed by atoms with Crippen LogP contribution < -0.4 is 0 Å². The molecule has 1 nitrogen and oxygen atoms in total. The maximum atomic E-state index is 12.2. The number of halogens is 6. The van der Waals surface area contributed by atoms with Crippen LogP contribution in [0.2, 0.25) is 0 Å². The van der Waals surface area contributed by atoms with Gasteiger partial charge in [0, 0.05) is 0 Å². The van der Waals surface area contributed by atoms with E-state index in [1.807, 2.05) is 0 Å². The van der Waals surface area contributed by atoms with Gasteiger partial charge < -0.3 is 0 Å². The van der Waals surface area contributed by atoms with Gasteiger partial charge in [-0.05, 0) is 28.1 Å². The summed E-state index contributed by atoms with van der Waals surface area (Å²) >= 11 is 2.72. The Morgan fingerprint density at radius 3 is 2.21 bits per heavy atom. The quantitative estimate of drug-likeness (QED) is 0.561. The fourth-order valence-corrected chi connectivity index (χ4v) is 1.18. The molecule has 0 bridgehead atoms. The van der Waals surface area contributed by atoms with Crippen LogP contribution in [-0.4, -0.2) is 4.98 Å². The smallest absolute Gasteiger partial charge is 0.239 e. The van der Waals surface area contributed by atoms with Crippen molar-refractivity contribution >= 4 is 15.9 Å². The molecular weight excluding hydrogens is 273 g/mol. The number of pyridine rings is 1. The zero-order valence-electron chi connectivity index (χ0n) is 6.45. The molecule has 0 N–H and O–H groups in total. The normalized spacial score (nSPS) is 12.2. The molecule has 1 aromatic rings. The Balaban J connectivity index is 3.29. The lowest BCUT2D eigenvalue weighted by atomic mass is 10.2. The average Bonchev–Trinajstić information content (AvgIpc) is 2.01. The van der Waals surface area contributed by atoms with Gasteiger partial charge >= 0.3 is 6.18 Å². The summed E-state index contributed by atoms with van der Waals surface area (Å²) in [5, 5.41) is 0. The first-order valence-corrected chi connectivity index (χ1v) is 4.13. The average molecular weight is 276 g/mol. The molecule has 0 aliphatic heterocycles. The number of nitrogens with zero attached hydrogens (tertiary/aromatic N) is 1. The van der Waals surface area contributed by atoms with Gasteiger partial charge in [0.25, 0.3) is 6.43 Å². The molecule has 7 heteroatoms. The van der Waals surface area contributed by atoms with Crippen molar-refractivity contribution < 1.29 is 22.0 Å². The minimum atomic E-state index is -4.81. The van der Waals surface area contributed by atoms with E-state index in [0.29, 0.717) is 6.07 Å². The first-order chi connectivity index (χ1) is 6.32. The van der Waals surface area contributed by atoms with Crippen LogP contribution in [0.3, 0.4) is 0 Å². The molecule has 1 rings (SSSR count). The third-order valence-corrected chi connectivity index (χ3v) is 1.84. The van der Waals surface area contributed by atoms with E-state index in [0.717, 1.165) is 6.07 Å². The largest absolute Gasteiger partial charge is 0.418 e. The highest BCUT2D eigenvalue weighted by molar-refractivity contribution is 9.10.